The van der Waals surface area contributed by atoms with E-state index in [2.05, 4.69) is 10.6 Å². The van der Waals surface area contributed by atoms with Gasteiger partial charge in [-0.1, -0.05) is 56.3 Å². The molecule has 0 aromatic heterocycles. The SMILES string of the molecule is COc1ccc(NC(=O)C(Cc2ccc(OCc3ccccc3)cc2)NC(=O)C(N)CC(C)C)cc1. The van der Waals surface area contributed by atoms with Gasteiger partial charge in [0.2, 0.25) is 11.8 Å². The standard InChI is InChI=1S/C29H35N3O4/c1-20(2)17-26(30)28(33)32-27(29(34)31-23-11-15-24(35-3)16-12-23)18-21-9-13-25(14-10-21)36-19-22-7-5-4-6-8-22/h4-16,20,26-27H,17-19,30H2,1-3H3,(H,31,34)(H,32,33). The van der Waals surface area contributed by atoms with E-state index in [0.29, 0.717) is 30.9 Å². The van der Waals surface area contributed by atoms with Crippen LogP contribution >= 0.6 is 0 Å². The van der Waals surface area contributed by atoms with Crippen molar-refractivity contribution in [2.75, 3.05) is 12.4 Å². The first-order valence-electron chi connectivity index (χ1n) is 12.1. The maximum Gasteiger partial charge on any atom is 0.247 e. The molecule has 0 heterocycles. The fourth-order valence-corrected chi connectivity index (χ4v) is 3.71. The Bertz CT molecular complexity index is 1100. The van der Waals surface area contributed by atoms with Gasteiger partial charge in [-0.3, -0.25) is 9.59 Å². The molecular weight excluding hydrogens is 454 g/mol. The zero-order valence-electron chi connectivity index (χ0n) is 21.1. The van der Waals surface area contributed by atoms with Gasteiger partial charge in [0, 0.05) is 12.1 Å². The molecule has 3 rings (SSSR count). The van der Waals surface area contributed by atoms with Gasteiger partial charge in [0.25, 0.3) is 0 Å². The van der Waals surface area contributed by atoms with Gasteiger partial charge in [0.1, 0.15) is 24.1 Å². The molecule has 0 bridgehead atoms. The Kier molecular flexibility index (Phi) is 9.89. The summed E-state index contributed by atoms with van der Waals surface area (Å²) in [7, 11) is 1.58. The van der Waals surface area contributed by atoms with E-state index in [1.807, 2.05) is 68.4 Å². The van der Waals surface area contributed by atoms with Crippen molar-refractivity contribution >= 4 is 17.5 Å². The lowest BCUT2D eigenvalue weighted by Gasteiger charge is -2.22. The topological polar surface area (TPSA) is 103 Å². The number of carbonyl (C=O) groups is 2. The molecule has 0 aliphatic carbocycles. The summed E-state index contributed by atoms with van der Waals surface area (Å²) in [5, 5.41) is 5.72. The minimum absolute atomic E-state index is 0.265. The third-order valence-corrected chi connectivity index (χ3v) is 5.66. The second-order valence-corrected chi connectivity index (χ2v) is 9.14. The van der Waals surface area contributed by atoms with Crippen molar-refractivity contribution in [2.24, 2.45) is 11.7 Å². The number of anilines is 1. The summed E-state index contributed by atoms with van der Waals surface area (Å²) in [4.78, 5) is 25.9. The molecule has 7 heteroatoms. The molecule has 2 amide bonds. The van der Waals surface area contributed by atoms with E-state index in [9.17, 15) is 9.59 Å². The molecule has 2 atom stereocenters. The minimum Gasteiger partial charge on any atom is -0.497 e. The monoisotopic (exact) mass is 489 g/mol. The highest BCUT2D eigenvalue weighted by Crippen LogP contribution is 2.18. The number of amides is 2. The molecule has 190 valence electrons. The molecule has 0 fully saturated rings. The third-order valence-electron chi connectivity index (χ3n) is 5.66. The number of ether oxygens (including phenoxy) is 2. The molecule has 0 saturated heterocycles. The average molecular weight is 490 g/mol. The lowest BCUT2D eigenvalue weighted by Crippen LogP contribution is -2.51. The number of nitrogens with two attached hydrogens (primary N) is 1. The number of methoxy groups -OCH3 is 1. The van der Waals surface area contributed by atoms with Gasteiger partial charge in [-0.05, 0) is 59.9 Å². The highest BCUT2D eigenvalue weighted by Gasteiger charge is 2.25. The van der Waals surface area contributed by atoms with Crippen LogP contribution in [0.1, 0.15) is 31.4 Å². The highest BCUT2D eigenvalue weighted by atomic mass is 16.5. The summed E-state index contributed by atoms with van der Waals surface area (Å²) in [6.45, 7) is 4.47. The number of hydrogen-bond acceptors (Lipinski definition) is 5. The van der Waals surface area contributed by atoms with Crippen molar-refractivity contribution < 1.29 is 19.1 Å². The van der Waals surface area contributed by atoms with Crippen LogP contribution < -0.4 is 25.8 Å². The molecule has 7 nitrogen and oxygen atoms in total. The van der Waals surface area contributed by atoms with Crippen molar-refractivity contribution in [2.45, 2.75) is 45.4 Å². The lowest BCUT2D eigenvalue weighted by atomic mass is 10.0. The predicted octanol–water partition coefficient (Wildman–Crippen LogP) is 4.31. The molecule has 3 aromatic carbocycles. The van der Waals surface area contributed by atoms with Crippen LogP contribution in [0.4, 0.5) is 5.69 Å². The van der Waals surface area contributed by atoms with Gasteiger partial charge in [0.15, 0.2) is 0 Å². The summed E-state index contributed by atoms with van der Waals surface area (Å²) >= 11 is 0. The lowest BCUT2D eigenvalue weighted by molar-refractivity contribution is -0.127. The first-order valence-corrected chi connectivity index (χ1v) is 12.1. The van der Waals surface area contributed by atoms with E-state index in [1.165, 1.54) is 0 Å². The number of hydrogen-bond donors (Lipinski definition) is 3. The van der Waals surface area contributed by atoms with Gasteiger partial charge in [-0.15, -0.1) is 0 Å². The van der Waals surface area contributed by atoms with E-state index >= 15 is 0 Å². The molecule has 0 radical (unpaired) electrons. The fraction of sp³-hybridized carbons (Fsp3) is 0.310. The van der Waals surface area contributed by atoms with Gasteiger partial charge in [-0.2, -0.15) is 0 Å². The molecule has 4 N–H and O–H groups in total. The Morgan fingerprint density at radius 2 is 1.47 bits per heavy atom. The first-order chi connectivity index (χ1) is 17.3. The second-order valence-electron chi connectivity index (χ2n) is 9.14. The Morgan fingerprint density at radius 3 is 2.08 bits per heavy atom. The van der Waals surface area contributed by atoms with Crippen LogP contribution in [0.15, 0.2) is 78.9 Å². The summed E-state index contributed by atoms with van der Waals surface area (Å²) in [6.07, 6.45) is 0.840. The van der Waals surface area contributed by atoms with Crippen LogP contribution in [0, 0.1) is 5.92 Å². The molecule has 0 spiro atoms. The van der Waals surface area contributed by atoms with E-state index in [1.54, 1.807) is 31.4 Å². The fourth-order valence-electron chi connectivity index (χ4n) is 3.71. The Balaban J connectivity index is 1.68. The number of rotatable bonds is 12. The van der Waals surface area contributed by atoms with Crippen LogP contribution in [0.3, 0.4) is 0 Å². The molecule has 0 aliphatic heterocycles. The number of nitrogens with one attached hydrogen (secondary N) is 2. The Labute approximate surface area is 213 Å². The molecule has 36 heavy (non-hydrogen) atoms. The smallest absolute Gasteiger partial charge is 0.247 e. The van der Waals surface area contributed by atoms with E-state index < -0.39 is 12.1 Å². The van der Waals surface area contributed by atoms with Crippen molar-refractivity contribution in [1.29, 1.82) is 0 Å². The largest absolute Gasteiger partial charge is 0.497 e. The van der Waals surface area contributed by atoms with E-state index in [0.717, 1.165) is 16.9 Å². The Morgan fingerprint density at radius 1 is 0.833 bits per heavy atom. The quantitative estimate of drug-likeness (QED) is 0.352. The molecule has 2 unspecified atom stereocenters. The molecular formula is C29H35N3O4. The molecule has 3 aromatic rings. The van der Waals surface area contributed by atoms with Gasteiger partial charge in [0.05, 0.1) is 13.2 Å². The summed E-state index contributed by atoms with van der Waals surface area (Å²) < 4.78 is 11.0. The molecule has 0 saturated carbocycles. The highest BCUT2D eigenvalue weighted by molar-refractivity contribution is 5.98. The maximum absolute atomic E-state index is 13.2. The van der Waals surface area contributed by atoms with Crippen LogP contribution in [0.2, 0.25) is 0 Å². The summed E-state index contributed by atoms with van der Waals surface area (Å²) in [5.74, 6) is 1.01. The zero-order chi connectivity index (χ0) is 25.9. The third kappa shape index (κ3) is 8.43. The zero-order valence-corrected chi connectivity index (χ0v) is 21.1. The van der Waals surface area contributed by atoms with Crippen LogP contribution in [0.5, 0.6) is 11.5 Å². The normalized spacial score (nSPS) is 12.5. The van der Waals surface area contributed by atoms with Crippen molar-refractivity contribution in [3.63, 3.8) is 0 Å². The maximum atomic E-state index is 13.2. The number of carbonyl (C=O) groups excluding carboxylic acids is 2. The Hall–Kier alpha value is -3.84. The van der Waals surface area contributed by atoms with Gasteiger partial charge < -0.3 is 25.8 Å². The first kappa shape index (κ1) is 26.8. The van der Waals surface area contributed by atoms with Crippen LogP contribution in [-0.4, -0.2) is 31.0 Å². The van der Waals surface area contributed by atoms with Crippen molar-refractivity contribution in [3.8, 4) is 11.5 Å². The summed E-state index contributed by atoms with van der Waals surface area (Å²) in [5.41, 5.74) is 8.64. The second kappa shape index (κ2) is 13.3. The van der Waals surface area contributed by atoms with Crippen molar-refractivity contribution in [3.05, 3.63) is 90.0 Å². The van der Waals surface area contributed by atoms with E-state index in [4.69, 9.17) is 15.2 Å². The van der Waals surface area contributed by atoms with Gasteiger partial charge >= 0.3 is 0 Å². The number of benzene rings is 3. The molecule has 0 aliphatic rings. The van der Waals surface area contributed by atoms with Crippen LogP contribution in [0.25, 0.3) is 0 Å². The minimum atomic E-state index is -0.797. The van der Waals surface area contributed by atoms with Crippen LogP contribution in [-0.2, 0) is 22.6 Å². The van der Waals surface area contributed by atoms with Crippen molar-refractivity contribution in [1.82, 2.24) is 5.32 Å². The van der Waals surface area contributed by atoms with Gasteiger partial charge in [-0.25, -0.2) is 0 Å². The predicted molar refractivity (Wildman–Crippen MR) is 142 cm³/mol. The summed E-state index contributed by atoms with van der Waals surface area (Å²) in [6, 6.07) is 23.0. The van der Waals surface area contributed by atoms with E-state index in [-0.39, 0.29) is 17.7 Å². The average Bonchev–Trinajstić information content (AvgIpc) is 2.88.